The molecule has 0 saturated carbocycles. The van der Waals surface area contributed by atoms with Crippen LogP contribution in [0.3, 0.4) is 0 Å². The third-order valence-corrected chi connectivity index (χ3v) is 2.51. The van der Waals surface area contributed by atoms with Gasteiger partial charge in [0.2, 0.25) is 0 Å². The van der Waals surface area contributed by atoms with E-state index in [1.165, 1.54) is 11.4 Å². The van der Waals surface area contributed by atoms with Crippen molar-refractivity contribution in [2.75, 3.05) is 13.7 Å². The van der Waals surface area contributed by atoms with E-state index in [1.54, 1.807) is 0 Å². The molecule has 0 unspecified atom stereocenters. The molecule has 0 aromatic carbocycles. The third-order valence-electron chi connectivity index (χ3n) is 2.51. The van der Waals surface area contributed by atoms with Gasteiger partial charge in [0.05, 0.1) is 6.67 Å². The Labute approximate surface area is 69.5 Å². The van der Waals surface area contributed by atoms with E-state index in [4.69, 9.17) is 0 Å². The Balaban J connectivity index is 2.77. The predicted molar refractivity (Wildman–Crippen MR) is 48.0 cm³/mol. The fraction of sp³-hybridized carbons (Fsp3) is 0.778. The van der Waals surface area contributed by atoms with Gasteiger partial charge in [0.25, 0.3) is 0 Å². The van der Waals surface area contributed by atoms with Crippen molar-refractivity contribution in [3.8, 4) is 0 Å². The van der Waals surface area contributed by atoms with Crippen molar-refractivity contribution in [3.63, 3.8) is 0 Å². The van der Waals surface area contributed by atoms with E-state index in [2.05, 4.69) is 44.5 Å². The topological polar surface area (TPSA) is 6.48 Å². The van der Waals surface area contributed by atoms with E-state index in [9.17, 15) is 0 Å². The summed E-state index contributed by atoms with van der Waals surface area (Å²) in [6, 6.07) is 0.620. The summed E-state index contributed by atoms with van der Waals surface area (Å²) < 4.78 is 0. The lowest BCUT2D eigenvalue weighted by Gasteiger charge is -2.24. The molecule has 0 radical (unpaired) electrons. The highest BCUT2D eigenvalue weighted by molar-refractivity contribution is 5.13. The van der Waals surface area contributed by atoms with Crippen molar-refractivity contribution < 1.29 is 0 Å². The fourth-order valence-electron chi connectivity index (χ4n) is 1.48. The maximum Gasteiger partial charge on any atom is 0.0897 e. The monoisotopic (exact) mass is 154 g/mol. The highest BCUT2D eigenvalue weighted by Crippen LogP contribution is 2.22. The number of rotatable bonds is 1. The first kappa shape index (κ1) is 8.44. The van der Waals surface area contributed by atoms with Gasteiger partial charge in [-0.1, -0.05) is 0 Å². The summed E-state index contributed by atoms with van der Waals surface area (Å²) in [6.07, 6.45) is 0. The molecule has 0 aliphatic carbocycles. The summed E-state index contributed by atoms with van der Waals surface area (Å²) in [7, 11) is 2.14. The zero-order valence-electron chi connectivity index (χ0n) is 8.18. The number of allylic oxidation sites excluding steroid dienone is 2. The Kier molecular flexibility index (Phi) is 2.12. The van der Waals surface area contributed by atoms with Gasteiger partial charge < -0.3 is 9.80 Å². The van der Waals surface area contributed by atoms with E-state index in [0.29, 0.717) is 6.04 Å². The summed E-state index contributed by atoms with van der Waals surface area (Å²) in [5.74, 6) is 0. The average molecular weight is 154 g/mol. The standard InChI is InChI=1S/C9H18N2/c1-7(2)11-6-10(5)8(3)9(11)4/h7H,6H2,1-5H3. The van der Waals surface area contributed by atoms with Crippen LogP contribution in [0, 0.1) is 0 Å². The zero-order valence-corrected chi connectivity index (χ0v) is 8.18. The first-order chi connectivity index (χ1) is 5.04. The van der Waals surface area contributed by atoms with Crippen LogP contribution in [0.5, 0.6) is 0 Å². The SMILES string of the molecule is CC1=C(C)N(C(C)C)CN1C. The normalized spacial score (nSPS) is 19.1. The van der Waals surface area contributed by atoms with Gasteiger partial charge in [-0.3, -0.25) is 0 Å². The van der Waals surface area contributed by atoms with Crippen molar-refractivity contribution in [3.05, 3.63) is 11.4 Å². The molecule has 1 aliphatic rings. The Morgan fingerprint density at radius 2 is 1.73 bits per heavy atom. The van der Waals surface area contributed by atoms with Gasteiger partial charge in [0.15, 0.2) is 0 Å². The van der Waals surface area contributed by atoms with E-state index in [1.807, 2.05) is 0 Å². The molecular weight excluding hydrogens is 136 g/mol. The number of nitrogens with zero attached hydrogens (tertiary/aromatic N) is 2. The second kappa shape index (κ2) is 2.76. The summed E-state index contributed by atoms with van der Waals surface area (Å²) in [6.45, 7) is 9.89. The molecule has 1 rings (SSSR count). The molecule has 1 aliphatic heterocycles. The minimum atomic E-state index is 0.620. The van der Waals surface area contributed by atoms with Crippen LogP contribution < -0.4 is 0 Å². The lowest BCUT2D eigenvalue weighted by molar-refractivity contribution is 0.236. The van der Waals surface area contributed by atoms with Crippen LogP contribution in [0.2, 0.25) is 0 Å². The van der Waals surface area contributed by atoms with E-state index in [0.717, 1.165) is 6.67 Å². The maximum atomic E-state index is 2.41. The van der Waals surface area contributed by atoms with Crippen molar-refractivity contribution in [1.82, 2.24) is 9.80 Å². The minimum Gasteiger partial charge on any atom is -0.359 e. The molecule has 0 spiro atoms. The van der Waals surface area contributed by atoms with E-state index >= 15 is 0 Å². The fourth-order valence-corrected chi connectivity index (χ4v) is 1.48. The van der Waals surface area contributed by atoms with Crippen LogP contribution in [-0.2, 0) is 0 Å². The quantitative estimate of drug-likeness (QED) is 0.568. The summed E-state index contributed by atoms with van der Waals surface area (Å²) in [4.78, 5) is 4.70. The first-order valence-corrected chi connectivity index (χ1v) is 4.19. The molecule has 2 nitrogen and oxygen atoms in total. The Hall–Kier alpha value is -0.660. The Morgan fingerprint density at radius 3 is 1.91 bits per heavy atom. The molecule has 64 valence electrons. The van der Waals surface area contributed by atoms with Crippen molar-refractivity contribution in [2.24, 2.45) is 0 Å². The van der Waals surface area contributed by atoms with Gasteiger partial charge in [-0.15, -0.1) is 0 Å². The zero-order chi connectivity index (χ0) is 8.59. The molecule has 1 heterocycles. The molecule has 2 heteroatoms. The number of hydrogen-bond donors (Lipinski definition) is 0. The van der Waals surface area contributed by atoms with Gasteiger partial charge >= 0.3 is 0 Å². The summed E-state index contributed by atoms with van der Waals surface area (Å²) in [5.41, 5.74) is 2.82. The van der Waals surface area contributed by atoms with Crippen LogP contribution in [0.1, 0.15) is 27.7 Å². The summed E-state index contributed by atoms with van der Waals surface area (Å²) in [5, 5.41) is 0. The van der Waals surface area contributed by atoms with Gasteiger partial charge in [-0.25, -0.2) is 0 Å². The predicted octanol–water partition coefficient (Wildman–Crippen LogP) is 1.85. The number of hydrogen-bond acceptors (Lipinski definition) is 2. The lowest BCUT2D eigenvalue weighted by atomic mass is 10.3. The van der Waals surface area contributed by atoms with Crippen LogP contribution in [0.25, 0.3) is 0 Å². The van der Waals surface area contributed by atoms with Gasteiger partial charge in [-0.2, -0.15) is 0 Å². The van der Waals surface area contributed by atoms with Crippen LogP contribution in [0.4, 0.5) is 0 Å². The van der Waals surface area contributed by atoms with Gasteiger partial charge in [0.1, 0.15) is 0 Å². The van der Waals surface area contributed by atoms with Gasteiger partial charge in [0, 0.05) is 24.5 Å². The molecule has 0 aromatic heterocycles. The highest BCUT2D eigenvalue weighted by Gasteiger charge is 2.21. The molecule has 0 amide bonds. The molecule has 0 bridgehead atoms. The third kappa shape index (κ3) is 1.35. The van der Waals surface area contributed by atoms with Crippen molar-refractivity contribution >= 4 is 0 Å². The molecule has 11 heavy (non-hydrogen) atoms. The van der Waals surface area contributed by atoms with E-state index < -0.39 is 0 Å². The summed E-state index contributed by atoms with van der Waals surface area (Å²) >= 11 is 0. The Bertz CT molecular complexity index is 182. The van der Waals surface area contributed by atoms with Crippen LogP contribution in [0.15, 0.2) is 11.4 Å². The largest absolute Gasteiger partial charge is 0.359 e. The molecule has 0 aromatic rings. The molecule has 0 N–H and O–H groups in total. The van der Waals surface area contributed by atoms with Crippen molar-refractivity contribution in [1.29, 1.82) is 0 Å². The second-order valence-corrected chi connectivity index (χ2v) is 3.57. The maximum absolute atomic E-state index is 2.41. The molecule has 0 saturated heterocycles. The molecular formula is C9H18N2. The lowest BCUT2D eigenvalue weighted by Crippen LogP contribution is -2.30. The molecule has 0 fully saturated rings. The smallest absolute Gasteiger partial charge is 0.0897 e. The van der Waals surface area contributed by atoms with E-state index in [-0.39, 0.29) is 0 Å². The van der Waals surface area contributed by atoms with Crippen LogP contribution in [-0.4, -0.2) is 29.6 Å². The molecule has 0 atom stereocenters. The Morgan fingerprint density at radius 1 is 1.18 bits per heavy atom. The van der Waals surface area contributed by atoms with Crippen LogP contribution >= 0.6 is 0 Å². The minimum absolute atomic E-state index is 0.620. The average Bonchev–Trinajstić information content (AvgIpc) is 2.17. The highest BCUT2D eigenvalue weighted by atomic mass is 15.4. The first-order valence-electron chi connectivity index (χ1n) is 4.19. The van der Waals surface area contributed by atoms with Crippen molar-refractivity contribution in [2.45, 2.75) is 33.7 Å². The second-order valence-electron chi connectivity index (χ2n) is 3.57. The van der Waals surface area contributed by atoms with Gasteiger partial charge in [-0.05, 0) is 27.7 Å².